The number of hydrogen-bond acceptors (Lipinski definition) is 4. The first-order valence-corrected chi connectivity index (χ1v) is 7.15. The molecule has 0 aliphatic rings. The van der Waals surface area contributed by atoms with Crippen molar-refractivity contribution in [2.75, 3.05) is 26.4 Å². The maximum absolute atomic E-state index is 5.62. The average Bonchev–Trinajstić information content (AvgIpc) is 2.38. The Hall–Kier alpha value is -1.13. The Morgan fingerprint density at radius 3 is 2.68 bits per heavy atom. The summed E-state index contributed by atoms with van der Waals surface area (Å²) < 4.78 is 11.0. The van der Waals surface area contributed by atoms with Crippen molar-refractivity contribution in [2.24, 2.45) is 0 Å². The molecule has 1 N–H and O–H groups in total. The van der Waals surface area contributed by atoms with Gasteiger partial charge in [-0.05, 0) is 37.9 Å². The van der Waals surface area contributed by atoms with E-state index in [2.05, 4.69) is 30.2 Å². The molecule has 0 atom stereocenters. The van der Waals surface area contributed by atoms with Gasteiger partial charge in [0.2, 0.25) is 5.88 Å². The number of ether oxygens (including phenoxy) is 2. The highest BCUT2D eigenvalue weighted by Crippen LogP contribution is 2.12. The van der Waals surface area contributed by atoms with Gasteiger partial charge in [0.25, 0.3) is 0 Å². The predicted molar refractivity (Wildman–Crippen MR) is 77.6 cm³/mol. The molecule has 0 amide bonds. The first-order valence-electron chi connectivity index (χ1n) is 7.15. The van der Waals surface area contributed by atoms with Crippen molar-refractivity contribution in [3.63, 3.8) is 0 Å². The summed E-state index contributed by atoms with van der Waals surface area (Å²) in [5.74, 6) is 0.688. The smallest absolute Gasteiger partial charge is 0.213 e. The van der Waals surface area contributed by atoms with Crippen molar-refractivity contribution in [2.45, 2.75) is 40.2 Å². The molecule has 108 valence electrons. The minimum absolute atomic E-state index is 0.554. The van der Waals surface area contributed by atoms with Crippen molar-refractivity contribution in [1.82, 2.24) is 10.3 Å². The molecular formula is C15H26N2O2. The highest BCUT2D eigenvalue weighted by atomic mass is 16.5. The maximum Gasteiger partial charge on any atom is 0.213 e. The van der Waals surface area contributed by atoms with Gasteiger partial charge in [-0.3, -0.25) is 0 Å². The third-order valence-electron chi connectivity index (χ3n) is 2.57. The fourth-order valence-corrected chi connectivity index (χ4v) is 1.74. The summed E-state index contributed by atoms with van der Waals surface area (Å²) in [5.41, 5.74) is 2.20. The Labute approximate surface area is 116 Å². The van der Waals surface area contributed by atoms with Crippen LogP contribution in [-0.2, 0) is 11.3 Å². The van der Waals surface area contributed by atoms with Gasteiger partial charge in [-0.2, -0.15) is 0 Å². The monoisotopic (exact) mass is 266 g/mol. The standard InChI is InChI=1S/C15H26N2O2/c1-4-6-16-12-14-10-13(3)17-15(11-14)19-9-8-18-7-5-2/h10-11,16H,4-9,12H2,1-3H3. The molecule has 0 aliphatic heterocycles. The largest absolute Gasteiger partial charge is 0.475 e. The molecule has 4 heteroatoms. The second kappa shape index (κ2) is 9.75. The van der Waals surface area contributed by atoms with Crippen molar-refractivity contribution in [1.29, 1.82) is 0 Å². The lowest BCUT2D eigenvalue weighted by Crippen LogP contribution is -2.14. The van der Waals surface area contributed by atoms with E-state index in [4.69, 9.17) is 9.47 Å². The third-order valence-corrected chi connectivity index (χ3v) is 2.57. The Bertz CT molecular complexity index is 356. The van der Waals surface area contributed by atoms with Gasteiger partial charge in [-0.25, -0.2) is 4.98 Å². The third kappa shape index (κ3) is 7.13. The van der Waals surface area contributed by atoms with Crippen LogP contribution < -0.4 is 10.1 Å². The summed E-state index contributed by atoms with van der Waals surface area (Å²) >= 11 is 0. The number of aromatic nitrogens is 1. The Balaban J connectivity index is 2.39. The van der Waals surface area contributed by atoms with Crippen LogP contribution in [0.25, 0.3) is 0 Å². The summed E-state index contributed by atoms with van der Waals surface area (Å²) in [5, 5.41) is 3.38. The fourth-order valence-electron chi connectivity index (χ4n) is 1.74. The van der Waals surface area contributed by atoms with Gasteiger partial charge in [0, 0.05) is 24.9 Å². The molecule has 0 fully saturated rings. The van der Waals surface area contributed by atoms with E-state index in [1.54, 1.807) is 0 Å². The van der Waals surface area contributed by atoms with Gasteiger partial charge in [-0.15, -0.1) is 0 Å². The maximum atomic E-state index is 5.62. The molecule has 0 spiro atoms. The van der Waals surface area contributed by atoms with Crippen LogP contribution >= 0.6 is 0 Å². The zero-order valence-corrected chi connectivity index (χ0v) is 12.4. The van der Waals surface area contributed by atoms with Crippen molar-refractivity contribution >= 4 is 0 Å². The van der Waals surface area contributed by atoms with Crippen LogP contribution in [0.15, 0.2) is 12.1 Å². The molecule has 0 aliphatic carbocycles. The Morgan fingerprint density at radius 2 is 1.95 bits per heavy atom. The van der Waals surface area contributed by atoms with Crippen LogP contribution in [0, 0.1) is 6.92 Å². The number of pyridine rings is 1. The van der Waals surface area contributed by atoms with Crippen molar-refractivity contribution in [3.05, 3.63) is 23.4 Å². The molecule has 0 radical (unpaired) electrons. The molecule has 1 rings (SSSR count). The van der Waals surface area contributed by atoms with Crippen LogP contribution in [0.4, 0.5) is 0 Å². The predicted octanol–water partition coefficient (Wildman–Crippen LogP) is 2.70. The number of nitrogens with zero attached hydrogens (tertiary/aromatic N) is 1. The van der Waals surface area contributed by atoms with Gasteiger partial charge in [-0.1, -0.05) is 13.8 Å². The normalized spacial score (nSPS) is 10.7. The van der Waals surface area contributed by atoms with Crippen LogP contribution in [0.3, 0.4) is 0 Å². The zero-order chi connectivity index (χ0) is 13.9. The molecule has 1 heterocycles. The zero-order valence-electron chi connectivity index (χ0n) is 12.4. The van der Waals surface area contributed by atoms with Gasteiger partial charge in [0.1, 0.15) is 6.61 Å². The summed E-state index contributed by atoms with van der Waals surface area (Å²) in [6, 6.07) is 4.08. The number of hydrogen-bond donors (Lipinski definition) is 1. The van der Waals surface area contributed by atoms with E-state index < -0.39 is 0 Å². The van der Waals surface area contributed by atoms with Crippen LogP contribution in [0.2, 0.25) is 0 Å². The molecular weight excluding hydrogens is 240 g/mol. The van der Waals surface area contributed by atoms with Gasteiger partial charge in [0.05, 0.1) is 6.61 Å². The second-order valence-corrected chi connectivity index (χ2v) is 4.59. The molecule has 0 saturated heterocycles. The summed E-state index contributed by atoms with van der Waals surface area (Å²) in [7, 11) is 0. The average molecular weight is 266 g/mol. The van der Waals surface area contributed by atoms with Crippen LogP contribution in [-0.4, -0.2) is 31.3 Å². The van der Waals surface area contributed by atoms with Gasteiger partial charge >= 0.3 is 0 Å². The number of rotatable bonds is 10. The molecule has 19 heavy (non-hydrogen) atoms. The molecule has 0 unspecified atom stereocenters. The Kier molecular flexibility index (Phi) is 8.18. The highest BCUT2D eigenvalue weighted by Gasteiger charge is 2.01. The molecule has 0 bridgehead atoms. The van der Waals surface area contributed by atoms with Gasteiger partial charge in [0.15, 0.2) is 0 Å². The van der Waals surface area contributed by atoms with E-state index in [1.165, 1.54) is 5.56 Å². The number of nitrogens with one attached hydrogen (secondary N) is 1. The van der Waals surface area contributed by atoms with E-state index in [-0.39, 0.29) is 0 Å². The molecule has 1 aromatic heterocycles. The summed E-state index contributed by atoms with van der Waals surface area (Å²) in [4.78, 5) is 4.37. The Morgan fingerprint density at radius 1 is 1.11 bits per heavy atom. The SMILES string of the molecule is CCCNCc1cc(C)nc(OCCOCCC)c1. The fraction of sp³-hybridized carbons (Fsp3) is 0.667. The molecule has 1 aromatic rings. The van der Waals surface area contributed by atoms with E-state index in [1.807, 2.05) is 13.0 Å². The van der Waals surface area contributed by atoms with Crippen LogP contribution in [0.5, 0.6) is 5.88 Å². The minimum atomic E-state index is 0.554. The molecule has 0 saturated carbocycles. The first kappa shape index (κ1) is 15.9. The molecule has 4 nitrogen and oxygen atoms in total. The summed E-state index contributed by atoms with van der Waals surface area (Å²) in [6.45, 7) is 10.1. The van der Waals surface area contributed by atoms with Crippen LogP contribution in [0.1, 0.15) is 37.9 Å². The highest BCUT2D eigenvalue weighted by molar-refractivity contribution is 5.24. The lowest BCUT2D eigenvalue weighted by molar-refractivity contribution is 0.0989. The minimum Gasteiger partial charge on any atom is -0.475 e. The molecule has 0 aromatic carbocycles. The first-order chi connectivity index (χ1) is 9.26. The number of aryl methyl sites for hydroxylation is 1. The van der Waals surface area contributed by atoms with E-state index in [0.29, 0.717) is 19.1 Å². The lowest BCUT2D eigenvalue weighted by Gasteiger charge is -2.09. The van der Waals surface area contributed by atoms with Gasteiger partial charge < -0.3 is 14.8 Å². The van der Waals surface area contributed by atoms with Crippen molar-refractivity contribution < 1.29 is 9.47 Å². The lowest BCUT2D eigenvalue weighted by atomic mass is 10.2. The summed E-state index contributed by atoms with van der Waals surface area (Å²) in [6.07, 6.45) is 2.18. The van der Waals surface area contributed by atoms with E-state index >= 15 is 0 Å². The second-order valence-electron chi connectivity index (χ2n) is 4.59. The quantitative estimate of drug-likeness (QED) is 0.661. The van der Waals surface area contributed by atoms with Crippen molar-refractivity contribution in [3.8, 4) is 5.88 Å². The van der Waals surface area contributed by atoms with E-state index in [9.17, 15) is 0 Å². The topological polar surface area (TPSA) is 43.4 Å². The van der Waals surface area contributed by atoms with E-state index in [0.717, 1.165) is 38.2 Å².